The Labute approximate surface area is 180 Å². The molecule has 0 radical (unpaired) electrons. The Bertz CT molecular complexity index is 687. The molecule has 0 aromatic heterocycles. The van der Waals surface area contributed by atoms with E-state index in [4.69, 9.17) is 5.11 Å². The monoisotopic (exact) mass is 414 g/mol. The van der Waals surface area contributed by atoms with E-state index in [2.05, 4.69) is 18.2 Å². The van der Waals surface area contributed by atoms with Gasteiger partial charge >= 0.3 is 5.97 Å². The van der Waals surface area contributed by atoms with Crippen LogP contribution in [0.4, 0.5) is 0 Å². The summed E-state index contributed by atoms with van der Waals surface area (Å²) in [6, 6.07) is 0. The van der Waals surface area contributed by atoms with E-state index in [-0.39, 0.29) is 30.0 Å². The molecule has 30 heavy (non-hydrogen) atoms. The average molecular weight is 415 g/mol. The van der Waals surface area contributed by atoms with E-state index in [1.54, 1.807) is 0 Å². The van der Waals surface area contributed by atoms with E-state index < -0.39 is 5.97 Å². The number of hydrogen-bond acceptors (Lipinski definition) is 3. The zero-order valence-electron chi connectivity index (χ0n) is 18.1. The minimum atomic E-state index is -0.720. The van der Waals surface area contributed by atoms with Crippen LogP contribution in [0.5, 0.6) is 0 Å². The molecular weight excluding hydrogens is 376 g/mol. The summed E-state index contributed by atoms with van der Waals surface area (Å²) in [5.41, 5.74) is 1.56. The van der Waals surface area contributed by atoms with Gasteiger partial charge in [0.05, 0.1) is 12.2 Å². The fourth-order valence-corrected chi connectivity index (χ4v) is 8.48. The largest absolute Gasteiger partial charge is 0.481 e. The van der Waals surface area contributed by atoms with Crippen LogP contribution < -0.4 is 0 Å². The molecular formula is C26H38O4. The quantitative estimate of drug-likeness (QED) is 0.416. The normalized spacial score (nSPS) is 46.7. The molecule has 0 heterocycles. The molecule has 166 valence electrons. The Morgan fingerprint density at radius 1 is 1.07 bits per heavy atom. The lowest BCUT2D eigenvalue weighted by Gasteiger charge is -2.58. The Morgan fingerprint density at radius 2 is 1.73 bits per heavy atom. The second-order valence-corrected chi connectivity index (χ2v) is 11.5. The minimum absolute atomic E-state index is 0.110. The number of carbonyl (C=O) groups is 1. The smallest absolute Gasteiger partial charge is 0.303 e. The number of carboxylic acid groups (broad SMARTS) is 1. The van der Waals surface area contributed by atoms with Gasteiger partial charge in [0.2, 0.25) is 0 Å². The summed E-state index contributed by atoms with van der Waals surface area (Å²) in [5.74, 6) is 2.96. The molecule has 0 aromatic carbocycles. The molecule has 6 rings (SSSR count). The topological polar surface area (TPSA) is 77.8 Å². The molecule has 3 N–H and O–H groups in total. The van der Waals surface area contributed by atoms with Crippen molar-refractivity contribution in [1.82, 2.24) is 0 Å². The number of aliphatic hydroxyl groups is 2. The number of allylic oxidation sites excluding steroid dienone is 2. The molecule has 0 spiro atoms. The van der Waals surface area contributed by atoms with Gasteiger partial charge in [0.25, 0.3) is 0 Å². The van der Waals surface area contributed by atoms with E-state index in [1.807, 2.05) is 0 Å². The number of carboxylic acids is 1. The molecule has 4 heteroatoms. The van der Waals surface area contributed by atoms with Gasteiger partial charge in [-0.25, -0.2) is 0 Å². The van der Waals surface area contributed by atoms with Crippen molar-refractivity contribution >= 4 is 5.97 Å². The molecule has 0 saturated heterocycles. The van der Waals surface area contributed by atoms with Crippen molar-refractivity contribution in [2.24, 2.45) is 40.9 Å². The zero-order chi connectivity index (χ0) is 20.9. The third-order valence-corrected chi connectivity index (χ3v) is 9.37. The van der Waals surface area contributed by atoms with Crippen LogP contribution in [0.15, 0.2) is 23.8 Å². The Morgan fingerprint density at radius 3 is 2.37 bits per heavy atom. The molecule has 0 amide bonds. The first kappa shape index (κ1) is 20.8. The van der Waals surface area contributed by atoms with Gasteiger partial charge < -0.3 is 15.3 Å². The Hall–Kier alpha value is -1.13. The van der Waals surface area contributed by atoms with E-state index in [0.29, 0.717) is 18.3 Å². The SMILES string of the molecule is O=C(O)CCCC=C1C[C@@H]2C[C@H](O)[C@@H](C=CC(O)C34CC5CC(CC(C5)C3)C4)[C@@H]2C1. The van der Waals surface area contributed by atoms with Gasteiger partial charge in [-0.1, -0.05) is 23.8 Å². The van der Waals surface area contributed by atoms with Crippen molar-refractivity contribution in [2.45, 2.75) is 89.3 Å². The summed E-state index contributed by atoms with van der Waals surface area (Å²) in [5, 5.41) is 30.7. The summed E-state index contributed by atoms with van der Waals surface area (Å²) in [7, 11) is 0. The minimum Gasteiger partial charge on any atom is -0.481 e. The molecule has 4 bridgehead atoms. The number of fused-ring (bicyclic) bond motifs is 1. The molecule has 6 saturated carbocycles. The van der Waals surface area contributed by atoms with Gasteiger partial charge in [0.1, 0.15) is 0 Å². The van der Waals surface area contributed by atoms with Crippen LogP contribution in [-0.4, -0.2) is 33.5 Å². The molecule has 6 aliphatic rings. The van der Waals surface area contributed by atoms with Crippen LogP contribution in [0.25, 0.3) is 0 Å². The lowest BCUT2D eigenvalue weighted by molar-refractivity contribution is -0.137. The predicted molar refractivity (Wildman–Crippen MR) is 116 cm³/mol. The standard InChI is InChI=1S/C26H38O4/c27-23-12-20-10-16(3-1-2-4-25(29)30)11-22(20)21(23)5-6-24(28)26-13-17-7-18(14-26)9-19(8-17)15-26/h3,5-6,17-24,27-28H,1-2,4,7-15H2,(H,29,30)/t17?,18?,19?,20-,21+,22-,23+,24?,26?/m1/s1. The first-order chi connectivity index (χ1) is 14.4. The number of rotatable bonds is 7. The van der Waals surface area contributed by atoms with Crippen LogP contribution >= 0.6 is 0 Å². The fraction of sp³-hybridized carbons (Fsp3) is 0.808. The molecule has 4 nitrogen and oxygen atoms in total. The summed E-state index contributed by atoms with van der Waals surface area (Å²) in [6.07, 6.45) is 18.4. The maximum Gasteiger partial charge on any atom is 0.303 e. The van der Waals surface area contributed by atoms with Gasteiger partial charge in [-0.15, -0.1) is 0 Å². The summed E-state index contributed by atoms with van der Waals surface area (Å²) in [4.78, 5) is 10.7. The first-order valence-electron chi connectivity index (χ1n) is 12.4. The van der Waals surface area contributed by atoms with Gasteiger partial charge in [-0.05, 0) is 100 Å². The highest BCUT2D eigenvalue weighted by molar-refractivity contribution is 5.66. The van der Waals surface area contributed by atoms with E-state index in [0.717, 1.165) is 43.4 Å². The van der Waals surface area contributed by atoms with Gasteiger partial charge in [0.15, 0.2) is 0 Å². The fourth-order valence-electron chi connectivity index (χ4n) is 8.48. The van der Waals surface area contributed by atoms with Gasteiger partial charge in [-0.3, -0.25) is 4.79 Å². The van der Waals surface area contributed by atoms with Crippen molar-refractivity contribution in [2.75, 3.05) is 0 Å². The van der Waals surface area contributed by atoms with Crippen LogP contribution in [-0.2, 0) is 4.79 Å². The molecule has 6 fully saturated rings. The highest BCUT2D eigenvalue weighted by Gasteiger charge is 2.53. The molecule has 0 aromatic rings. The Kier molecular flexibility index (Phi) is 5.60. The second kappa shape index (κ2) is 8.09. The van der Waals surface area contributed by atoms with Crippen molar-refractivity contribution < 1.29 is 20.1 Å². The van der Waals surface area contributed by atoms with Crippen LogP contribution in [0.2, 0.25) is 0 Å². The first-order valence-corrected chi connectivity index (χ1v) is 12.4. The van der Waals surface area contributed by atoms with E-state index in [9.17, 15) is 15.0 Å². The molecule has 6 aliphatic carbocycles. The third-order valence-electron chi connectivity index (χ3n) is 9.37. The third kappa shape index (κ3) is 3.90. The maximum absolute atomic E-state index is 11.2. The number of unbranched alkanes of at least 4 members (excludes halogenated alkanes) is 1. The lowest BCUT2D eigenvalue weighted by atomic mass is 9.48. The van der Waals surface area contributed by atoms with Crippen molar-refractivity contribution in [3.63, 3.8) is 0 Å². The van der Waals surface area contributed by atoms with Crippen LogP contribution in [0.3, 0.4) is 0 Å². The molecule has 0 aliphatic heterocycles. The molecule has 5 atom stereocenters. The number of aliphatic hydroxyl groups excluding tert-OH is 2. The number of hydrogen-bond donors (Lipinski definition) is 3. The van der Waals surface area contributed by atoms with Crippen LogP contribution in [0.1, 0.15) is 77.0 Å². The van der Waals surface area contributed by atoms with E-state index in [1.165, 1.54) is 44.1 Å². The molecule has 1 unspecified atom stereocenters. The summed E-state index contributed by atoms with van der Waals surface area (Å²) >= 11 is 0. The zero-order valence-corrected chi connectivity index (χ0v) is 18.1. The average Bonchev–Trinajstić information content (AvgIpc) is 3.18. The highest BCUT2D eigenvalue weighted by Crippen LogP contribution is 2.61. The van der Waals surface area contributed by atoms with Gasteiger partial charge in [0, 0.05) is 17.8 Å². The second-order valence-electron chi connectivity index (χ2n) is 11.5. The van der Waals surface area contributed by atoms with Gasteiger partial charge in [-0.2, -0.15) is 0 Å². The summed E-state index contributed by atoms with van der Waals surface area (Å²) < 4.78 is 0. The summed E-state index contributed by atoms with van der Waals surface area (Å²) in [6.45, 7) is 0. The maximum atomic E-state index is 11.2. The lowest BCUT2D eigenvalue weighted by Crippen LogP contribution is -2.51. The van der Waals surface area contributed by atoms with Crippen molar-refractivity contribution in [1.29, 1.82) is 0 Å². The Balaban J connectivity index is 1.21. The van der Waals surface area contributed by atoms with E-state index >= 15 is 0 Å². The highest BCUT2D eigenvalue weighted by atomic mass is 16.4. The number of aliphatic carboxylic acids is 1. The van der Waals surface area contributed by atoms with Crippen molar-refractivity contribution in [3.05, 3.63) is 23.8 Å². The predicted octanol–water partition coefficient (Wildman–Crippen LogP) is 4.71. The van der Waals surface area contributed by atoms with Crippen molar-refractivity contribution in [3.8, 4) is 0 Å². The van der Waals surface area contributed by atoms with Crippen LogP contribution in [0, 0.1) is 40.9 Å².